The minimum atomic E-state index is -0.966. The first-order valence-electron chi connectivity index (χ1n) is 31.0. The molecule has 9 N–H and O–H groups in total. The predicted octanol–water partition coefficient (Wildman–Crippen LogP) is 14.5. The molecule has 0 atom stereocenters. The van der Waals surface area contributed by atoms with Gasteiger partial charge < -0.3 is 51.5 Å². The van der Waals surface area contributed by atoms with E-state index in [1.165, 1.54) is 19.2 Å². The van der Waals surface area contributed by atoms with Crippen molar-refractivity contribution in [1.29, 1.82) is 15.8 Å². The summed E-state index contributed by atoms with van der Waals surface area (Å²) in [7, 11) is 0. The molecule has 0 unspecified atom stereocenters. The van der Waals surface area contributed by atoms with Crippen LogP contribution in [0.3, 0.4) is 0 Å². The van der Waals surface area contributed by atoms with Gasteiger partial charge in [0.1, 0.15) is 58.1 Å². The van der Waals surface area contributed by atoms with Crippen LogP contribution >= 0.6 is 23.2 Å². The summed E-state index contributed by atoms with van der Waals surface area (Å²) < 4.78 is 4.81. The number of terminal acetylenes is 2. The van der Waals surface area contributed by atoms with Crippen LogP contribution in [0.5, 0.6) is 0 Å². The molecule has 0 aliphatic carbocycles. The van der Waals surface area contributed by atoms with E-state index in [1.807, 2.05) is 178 Å². The number of carbonyl (C=O) groups is 5. The van der Waals surface area contributed by atoms with Gasteiger partial charge in [0.2, 0.25) is 0 Å². The summed E-state index contributed by atoms with van der Waals surface area (Å²) in [5, 5.41) is 72.4. The molecule has 1 aliphatic heterocycles. The molecule has 5 aromatic rings. The van der Waals surface area contributed by atoms with Crippen LogP contribution < -0.4 is 61.8 Å². The quantitative estimate of drug-likeness (QED) is 0.0109. The molecule has 6 rings (SSSR count). The van der Waals surface area contributed by atoms with E-state index in [9.17, 15) is 29.1 Å². The normalized spacial score (nSPS) is 9.69. The van der Waals surface area contributed by atoms with Gasteiger partial charge in [0.05, 0.1) is 18.3 Å². The third kappa shape index (κ3) is 58.7. The molecule has 522 valence electrons. The van der Waals surface area contributed by atoms with Gasteiger partial charge in [-0.3, -0.25) is 24.0 Å². The van der Waals surface area contributed by atoms with Gasteiger partial charge in [-0.05, 0) is 92.5 Å². The summed E-state index contributed by atoms with van der Waals surface area (Å²) >= 11 is 10.1. The molecule has 96 heavy (non-hydrogen) atoms. The standard InChI is InChI=1S/C14H12N2O2.2C11H10N2O2.C8H6ClNO2.C6H7N.C5H6ClNO2.C2H5O.8C2H6.Na/c1-2-3-9-13(17)12(10-15)14(18)16-11-7-5-4-6-8-11;1-8-10(7-12-15-8)11(14)13-9-5-3-2-4-6-9;1-8(14)10(7-12)11(15)13-9-5-3-2-4-6-9;1-2-3-4-7(11)6(5-10)8(9)12;7-6-4-2-1-3-5-6;1-3-4(5(6)8)2-7-9-3;1-2-3;8*1-2;/h1,4-8,17H,3,9H2,(H,16,18);2-7H,1H3,(H,13,14);2-6,14H,1H3,(H,13,15);1,11H,3-4H2;1-5H,7H2;7H,2H2,1H3;2H2,1H3;8*1-2H3;/q;;;;;;-1;;;;;;;;;+1/b13-12-;;10-8-;7-6-;;;;;;;;;;;;. The molecular formula is C73H104Cl2N9NaO11. The number of rotatable bonds is 12. The van der Waals surface area contributed by atoms with Gasteiger partial charge in [-0.25, -0.2) is 0 Å². The summed E-state index contributed by atoms with van der Waals surface area (Å²) in [6, 6.07) is 40.9. The maximum atomic E-state index is 11.7. The van der Waals surface area contributed by atoms with Gasteiger partial charge in [0.25, 0.3) is 28.2 Å². The van der Waals surface area contributed by atoms with Gasteiger partial charge in [0, 0.05) is 48.4 Å². The molecule has 1 aromatic heterocycles. The Kier molecular flexibility index (Phi) is 92.6. The van der Waals surface area contributed by atoms with Crippen LogP contribution in [0.4, 0.5) is 22.7 Å². The number of aromatic nitrogens is 1. The average Bonchev–Trinajstić information content (AvgIpc) is 1.93. The SMILES string of the molecule is C#CCC/C(O)=C(\C#N)C(=O)Cl.C#CCC/C(O)=C(\C#N)C(=O)Nc1ccccc1.C/C(O)=C(\C#N)C(=O)Nc1ccccc1.CC.CC.CC.CC.CC.CC.CC.CC.CC1=C(C(=O)Cl)CNO1.CC[O-].Cc1oncc1C(=O)Nc1ccccc1.Nc1ccccc1.[Na+]. The minimum Gasteiger partial charge on any atom is -0.855 e. The zero-order valence-corrected chi connectivity index (χ0v) is 63.8. The number of nitrogen functional groups attached to an aromatic ring is 1. The number of nitrogens with one attached hydrogen (secondary N) is 4. The molecule has 2 heterocycles. The minimum absolute atomic E-state index is 0. The first kappa shape index (κ1) is 108. The van der Waals surface area contributed by atoms with Crippen LogP contribution in [0.25, 0.3) is 0 Å². The van der Waals surface area contributed by atoms with Gasteiger partial charge in [-0.2, -0.15) is 21.3 Å². The summed E-state index contributed by atoms with van der Waals surface area (Å²) in [6.45, 7) is 38.7. The van der Waals surface area contributed by atoms with E-state index < -0.39 is 27.9 Å². The Hall–Kier alpha value is -9.11. The van der Waals surface area contributed by atoms with Crippen LogP contribution in [0.2, 0.25) is 0 Å². The van der Waals surface area contributed by atoms with Crippen molar-refractivity contribution < 1.29 is 83.3 Å². The Balaban J connectivity index is -0.000000111. The Labute approximate surface area is 606 Å². The van der Waals surface area contributed by atoms with Gasteiger partial charge in [0.15, 0.2) is 11.1 Å². The molecule has 0 radical (unpaired) electrons. The zero-order valence-electron chi connectivity index (χ0n) is 60.3. The van der Waals surface area contributed by atoms with E-state index in [1.54, 1.807) is 87.5 Å². The van der Waals surface area contributed by atoms with Gasteiger partial charge in [-0.15, -0.1) is 31.3 Å². The number of halogens is 2. The molecule has 4 aromatic carbocycles. The second kappa shape index (κ2) is 82.0. The van der Waals surface area contributed by atoms with E-state index in [4.69, 9.17) is 82.2 Å². The van der Waals surface area contributed by atoms with Crippen LogP contribution in [-0.4, -0.2) is 61.8 Å². The Morgan fingerprint density at radius 2 is 0.917 bits per heavy atom. The monoisotopic (exact) mass is 1380 g/mol. The molecule has 20 nitrogen and oxygen atoms in total. The first-order chi connectivity index (χ1) is 45.8. The van der Waals surface area contributed by atoms with Crippen molar-refractivity contribution in [2.45, 2.75) is 164 Å². The smallest absolute Gasteiger partial charge is 0.855 e. The maximum absolute atomic E-state index is 11.7. The van der Waals surface area contributed by atoms with Crippen LogP contribution in [0, 0.1) is 65.6 Å². The van der Waals surface area contributed by atoms with Crippen molar-refractivity contribution in [3.63, 3.8) is 0 Å². The van der Waals surface area contributed by atoms with Crippen molar-refractivity contribution in [2.75, 3.05) is 34.8 Å². The molecule has 0 spiro atoms. The number of aliphatic hydroxyl groups is 3. The van der Waals surface area contributed by atoms with Crippen molar-refractivity contribution in [3.05, 3.63) is 184 Å². The second-order valence-corrected chi connectivity index (χ2v) is 15.5. The number of allylic oxidation sites excluding steroid dienone is 5. The topological polar surface area (TPSA) is 350 Å². The third-order valence-corrected chi connectivity index (χ3v) is 9.38. The number of hydrogen-bond donors (Lipinski definition) is 8. The summed E-state index contributed by atoms with van der Waals surface area (Å²) in [6.07, 6.45) is 12.1. The summed E-state index contributed by atoms with van der Waals surface area (Å²) in [4.78, 5) is 60.5. The average molecular weight is 1380 g/mol. The number of aliphatic hydroxyl groups excluding tert-OH is 3. The fourth-order valence-corrected chi connectivity index (χ4v) is 5.48. The summed E-state index contributed by atoms with van der Waals surface area (Å²) in [5.74, 6) is 3.29. The number of nitrogens with zero attached hydrogens (tertiary/aromatic N) is 4. The number of aryl methyl sites for hydroxylation is 1. The van der Waals surface area contributed by atoms with Crippen molar-refractivity contribution in [2.24, 2.45) is 0 Å². The number of carbonyl (C=O) groups excluding carboxylic acids is 5. The molecule has 0 bridgehead atoms. The molecule has 0 saturated carbocycles. The zero-order chi connectivity index (χ0) is 75.5. The largest absolute Gasteiger partial charge is 1.00 e. The van der Waals surface area contributed by atoms with E-state index in [0.29, 0.717) is 40.6 Å². The number of benzene rings is 4. The number of anilines is 4. The molecule has 23 heteroatoms. The van der Waals surface area contributed by atoms with Gasteiger partial charge in [-0.1, -0.05) is 196 Å². The van der Waals surface area contributed by atoms with Gasteiger partial charge >= 0.3 is 29.6 Å². The Morgan fingerprint density at radius 3 is 1.16 bits per heavy atom. The summed E-state index contributed by atoms with van der Waals surface area (Å²) in [5.41, 5.74) is 10.5. The Bertz CT molecular complexity index is 3100. The Morgan fingerprint density at radius 1 is 0.594 bits per heavy atom. The number of amides is 3. The van der Waals surface area contributed by atoms with Crippen molar-refractivity contribution >= 4 is 74.2 Å². The van der Waals surface area contributed by atoms with E-state index in [2.05, 4.69) is 38.4 Å². The molecular weight excluding hydrogens is 1270 g/mol. The van der Waals surface area contributed by atoms with E-state index in [-0.39, 0.29) is 96.2 Å². The first-order valence-corrected chi connectivity index (χ1v) is 31.7. The maximum Gasteiger partial charge on any atom is 1.00 e. The number of hydrogen-bond acceptors (Lipinski definition) is 17. The fourth-order valence-electron chi connectivity index (χ4n) is 5.13. The number of nitrogens with two attached hydrogens (primary N) is 1. The number of nitriles is 3. The van der Waals surface area contributed by atoms with Crippen molar-refractivity contribution in [3.8, 4) is 42.9 Å². The third-order valence-electron chi connectivity index (χ3n) is 8.96. The van der Waals surface area contributed by atoms with Crippen LogP contribution in [-0.2, 0) is 24.0 Å². The molecule has 1 aliphatic rings. The fraction of sp³-hybridized carbons (Fsp3) is 0.356. The molecule has 3 amide bonds. The number of hydroxylamine groups is 1. The second-order valence-electron chi connectivity index (χ2n) is 14.8. The van der Waals surface area contributed by atoms with Crippen molar-refractivity contribution in [1.82, 2.24) is 10.6 Å². The van der Waals surface area contributed by atoms with Crippen LogP contribution in [0.1, 0.15) is 173 Å². The molecule has 0 fully saturated rings. The number of para-hydroxylation sites is 4. The van der Waals surface area contributed by atoms with E-state index in [0.717, 1.165) is 11.4 Å². The molecule has 0 saturated heterocycles. The van der Waals surface area contributed by atoms with Crippen LogP contribution in [0.15, 0.2) is 177 Å². The van der Waals surface area contributed by atoms with E-state index >= 15 is 0 Å². The predicted molar refractivity (Wildman–Crippen MR) is 389 cm³/mol.